The summed E-state index contributed by atoms with van der Waals surface area (Å²) in [6.07, 6.45) is 1.54. The summed E-state index contributed by atoms with van der Waals surface area (Å²) in [6.45, 7) is 8.52. The number of ether oxygens (including phenoxy) is 1. The van der Waals surface area contributed by atoms with Crippen LogP contribution in [0.15, 0.2) is 18.2 Å². The minimum Gasteiger partial charge on any atom is -0.444 e. The van der Waals surface area contributed by atoms with Crippen LogP contribution >= 0.6 is 11.3 Å². The van der Waals surface area contributed by atoms with Crippen LogP contribution in [0.3, 0.4) is 0 Å². The number of nitrogens with zero attached hydrogens (tertiary/aromatic N) is 2. The van der Waals surface area contributed by atoms with Crippen molar-refractivity contribution in [2.75, 3.05) is 18.4 Å². The summed E-state index contributed by atoms with van der Waals surface area (Å²) in [7, 11) is 0. The summed E-state index contributed by atoms with van der Waals surface area (Å²) in [6, 6.07) is 5.81. The molecule has 1 saturated heterocycles. The predicted octanol–water partition coefficient (Wildman–Crippen LogP) is 4.37. The van der Waals surface area contributed by atoms with E-state index in [1.807, 2.05) is 39.0 Å². The van der Waals surface area contributed by atoms with Gasteiger partial charge in [-0.05, 0) is 51.8 Å². The first-order valence-corrected chi connectivity index (χ1v) is 9.69. The van der Waals surface area contributed by atoms with Gasteiger partial charge >= 0.3 is 6.09 Å². The second kappa shape index (κ2) is 7.23. The van der Waals surface area contributed by atoms with Gasteiger partial charge in [-0.3, -0.25) is 4.79 Å². The lowest BCUT2D eigenvalue weighted by Crippen LogP contribution is -2.41. The van der Waals surface area contributed by atoms with Crippen LogP contribution in [0.4, 0.5) is 10.5 Å². The number of piperidine rings is 1. The number of benzene rings is 1. The molecule has 0 aliphatic carbocycles. The third kappa shape index (κ3) is 4.52. The smallest absolute Gasteiger partial charge is 0.410 e. The Bertz CT molecular complexity index is 817. The fraction of sp³-hybridized carbons (Fsp3) is 0.526. The van der Waals surface area contributed by atoms with E-state index in [1.165, 1.54) is 6.92 Å². The van der Waals surface area contributed by atoms with Gasteiger partial charge in [0.05, 0.1) is 15.2 Å². The highest BCUT2D eigenvalue weighted by Crippen LogP contribution is 2.35. The van der Waals surface area contributed by atoms with Crippen molar-refractivity contribution >= 4 is 39.2 Å². The van der Waals surface area contributed by atoms with Gasteiger partial charge in [0.2, 0.25) is 5.91 Å². The summed E-state index contributed by atoms with van der Waals surface area (Å²) < 4.78 is 6.56. The topological polar surface area (TPSA) is 71.5 Å². The van der Waals surface area contributed by atoms with Crippen molar-refractivity contribution in [3.05, 3.63) is 23.2 Å². The van der Waals surface area contributed by atoms with Crippen molar-refractivity contribution in [1.82, 2.24) is 9.88 Å². The van der Waals surface area contributed by atoms with Gasteiger partial charge in [0.25, 0.3) is 0 Å². The molecule has 2 aromatic rings. The van der Waals surface area contributed by atoms with Crippen molar-refractivity contribution in [3.8, 4) is 0 Å². The van der Waals surface area contributed by atoms with E-state index in [-0.39, 0.29) is 12.0 Å². The Morgan fingerprint density at radius 1 is 1.27 bits per heavy atom. The Morgan fingerprint density at radius 3 is 2.58 bits per heavy atom. The first kappa shape index (κ1) is 18.6. The maximum Gasteiger partial charge on any atom is 0.410 e. The maximum atomic E-state index is 12.2. The molecule has 1 aliphatic rings. The molecule has 0 bridgehead atoms. The van der Waals surface area contributed by atoms with Crippen LogP contribution in [-0.4, -0.2) is 40.6 Å². The van der Waals surface area contributed by atoms with E-state index >= 15 is 0 Å². The average molecular weight is 375 g/mol. The van der Waals surface area contributed by atoms with Gasteiger partial charge in [-0.15, -0.1) is 11.3 Å². The van der Waals surface area contributed by atoms with Crippen LogP contribution in [0.25, 0.3) is 10.2 Å². The van der Waals surface area contributed by atoms with Crippen LogP contribution in [0.5, 0.6) is 0 Å². The van der Waals surface area contributed by atoms with Crippen LogP contribution in [0.1, 0.15) is 51.5 Å². The Balaban J connectivity index is 1.66. The Hall–Kier alpha value is -2.15. The summed E-state index contributed by atoms with van der Waals surface area (Å²) in [4.78, 5) is 29.9. The molecule has 2 heterocycles. The van der Waals surface area contributed by atoms with Crippen molar-refractivity contribution in [2.45, 2.75) is 52.1 Å². The van der Waals surface area contributed by atoms with Gasteiger partial charge in [0.15, 0.2) is 0 Å². The molecule has 1 aromatic heterocycles. The van der Waals surface area contributed by atoms with Crippen molar-refractivity contribution in [2.24, 2.45) is 0 Å². The summed E-state index contributed by atoms with van der Waals surface area (Å²) in [5.41, 5.74) is 1.21. The van der Waals surface area contributed by atoms with E-state index in [9.17, 15) is 9.59 Å². The summed E-state index contributed by atoms with van der Waals surface area (Å²) in [5.74, 6) is 0.268. The van der Waals surface area contributed by atoms with Gasteiger partial charge < -0.3 is 15.0 Å². The number of fused-ring (bicyclic) bond motifs is 1. The van der Waals surface area contributed by atoms with Crippen molar-refractivity contribution < 1.29 is 14.3 Å². The molecule has 0 radical (unpaired) electrons. The minimum atomic E-state index is -0.466. The zero-order valence-electron chi connectivity index (χ0n) is 15.7. The molecule has 6 nitrogen and oxygen atoms in total. The van der Waals surface area contributed by atoms with Gasteiger partial charge in [0, 0.05) is 31.6 Å². The number of carbonyl (C=O) groups excluding carboxylic acids is 2. The number of anilines is 1. The molecule has 0 unspecified atom stereocenters. The number of nitrogens with one attached hydrogen (secondary N) is 1. The zero-order chi connectivity index (χ0) is 18.9. The number of rotatable bonds is 2. The number of likely N-dealkylation sites (tertiary alicyclic amines) is 1. The monoisotopic (exact) mass is 375 g/mol. The molecule has 26 heavy (non-hydrogen) atoms. The lowest BCUT2D eigenvalue weighted by Gasteiger charge is -2.32. The van der Waals surface area contributed by atoms with Gasteiger partial charge in [-0.1, -0.05) is 0 Å². The van der Waals surface area contributed by atoms with Crippen molar-refractivity contribution in [3.63, 3.8) is 0 Å². The fourth-order valence-electron chi connectivity index (χ4n) is 3.04. The number of amides is 2. The molecule has 0 spiro atoms. The van der Waals surface area contributed by atoms with E-state index in [4.69, 9.17) is 9.72 Å². The first-order valence-electron chi connectivity index (χ1n) is 8.87. The molecule has 1 N–H and O–H groups in total. The van der Waals surface area contributed by atoms with E-state index in [0.717, 1.165) is 33.8 Å². The van der Waals surface area contributed by atoms with E-state index in [0.29, 0.717) is 19.0 Å². The highest BCUT2D eigenvalue weighted by atomic mass is 32.1. The molecule has 0 saturated carbocycles. The molecule has 1 aromatic carbocycles. The van der Waals surface area contributed by atoms with Crippen LogP contribution in [0.2, 0.25) is 0 Å². The maximum absolute atomic E-state index is 12.2. The van der Waals surface area contributed by atoms with E-state index in [1.54, 1.807) is 16.2 Å². The third-order valence-corrected chi connectivity index (χ3v) is 5.42. The Kier molecular flexibility index (Phi) is 5.18. The van der Waals surface area contributed by atoms with Gasteiger partial charge in [0.1, 0.15) is 5.60 Å². The molecule has 1 fully saturated rings. The molecule has 140 valence electrons. The van der Waals surface area contributed by atoms with E-state index in [2.05, 4.69) is 5.32 Å². The Morgan fingerprint density at radius 2 is 1.96 bits per heavy atom. The quantitative estimate of drug-likeness (QED) is 0.846. The predicted molar refractivity (Wildman–Crippen MR) is 104 cm³/mol. The normalized spacial score (nSPS) is 15.9. The van der Waals surface area contributed by atoms with Gasteiger partial charge in [-0.2, -0.15) is 0 Å². The van der Waals surface area contributed by atoms with Crippen LogP contribution in [-0.2, 0) is 9.53 Å². The molecule has 2 amide bonds. The largest absolute Gasteiger partial charge is 0.444 e. The third-order valence-electron chi connectivity index (χ3n) is 4.22. The second-order valence-electron chi connectivity index (χ2n) is 7.66. The highest BCUT2D eigenvalue weighted by molar-refractivity contribution is 7.18. The molecule has 7 heteroatoms. The van der Waals surface area contributed by atoms with E-state index < -0.39 is 5.60 Å². The molecule has 3 rings (SSSR count). The minimum absolute atomic E-state index is 0.0886. The van der Waals surface area contributed by atoms with Crippen LogP contribution < -0.4 is 5.32 Å². The SMILES string of the molecule is CC(=O)Nc1ccc2sc(C3CCN(C(=O)OC(C)(C)C)CC3)nc2c1. The summed E-state index contributed by atoms with van der Waals surface area (Å²) in [5, 5.41) is 3.89. The lowest BCUT2D eigenvalue weighted by atomic mass is 9.98. The van der Waals surface area contributed by atoms with Crippen LogP contribution in [0, 0.1) is 0 Å². The number of carbonyl (C=O) groups is 2. The Labute approximate surface area is 157 Å². The standard InChI is InChI=1S/C19H25N3O3S/c1-12(23)20-14-5-6-16-15(11-14)21-17(26-16)13-7-9-22(10-8-13)18(24)25-19(2,3)4/h5-6,11,13H,7-10H2,1-4H3,(H,20,23). The molecule has 0 atom stereocenters. The fourth-order valence-corrected chi connectivity index (χ4v) is 4.15. The number of aromatic nitrogens is 1. The molecular formula is C19H25N3O3S. The average Bonchev–Trinajstić information content (AvgIpc) is 2.96. The molecular weight excluding hydrogens is 350 g/mol. The number of thiazole rings is 1. The second-order valence-corrected chi connectivity index (χ2v) is 8.72. The highest BCUT2D eigenvalue weighted by Gasteiger charge is 2.28. The zero-order valence-corrected chi connectivity index (χ0v) is 16.5. The molecule has 1 aliphatic heterocycles. The van der Waals surface area contributed by atoms with Gasteiger partial charge in [-0.25, -0.2) is 9.78 Å². The van der Waals surface area contributed by atoms with Crippen molar-refractivity contribution in [1.29, 1.82) is 0 Å². The number of hydrogen-bond acceptors (Lipinski definition) is 5. The number of hydrogen-bond donors (Lipinski definition) is 1. The lowest BCUT2D eigenvalue weighted by molar-refractivity contribution is -0.114. The summed E-state index contributed by atoms with van der Waals surface area (Å²) >= 11 is 1.69. The first-order chi connectivity index (χ1) is 12.2.